The van der Waals surface area contributed by atoms with Gasteiger partial charge in [-0.1, -0.05) is 87.5 Å². The maximum atomic E-state index is 7.37. The summed E-state index contributed by atoms with van der Waals surface area (Å²) in [6, 6.07) is 91.6. The Kier molecular flexibility index (Phi) is 13.2. The van der Waals surface area contributed by atoms with Gasteiger partial charge in [-0.3, -0.25) is 0 Å². The Morgan fingerprint density at radius 1 is 0.358 bits per heavy atom. The molecule has 0 saturated heterocycles. The molecule has 0 unspecified atom stereocenters. The normalized spacial score (nSPS) is 12.3. The molecule has 6 nitrogen and oxygen atoms in total. The van der Waals surface area contributed by atoms with E-state index in [1.54, 1.807) is 0 Å². The molecule has 10 aromatic carbocycles. The Bertz CT molecular complexity index is 4320. The molecule has 2 aromatic heterocycles. The van der Waals surface area contributed by atoms with Gasteiger partial charge in [0.2, 0.25) is 0 Å². The molecule has 0 atom stereocenters. The van der Waals surface area contributed by atoms with E-state index in [0.29, 0.717) is 5.75 Å². The van der Waals surface area contributed by atoms with E-state index in [1.807, 2.05) is 6.20 Å². The second kappa shape index (κ2) is 20.9. The summed E-state index contributed by atoms with van der Waals surface area (Å²) in [5.41, 5.74) is 20.3. The van der Waals surface area contributed by atoms with Crippen LogP contribution in [0.4, 0.5) is 34.3 Å². The Labute approximate surface area is 485 Å². The summed E-state index contributed by atoms with van der Waals surface area (Å²) in [6.07, 6.45) is 1.95. The zero-order chi connectivity index (χ0) is 55.4. The van der Waals surface area contributed by atoms with E-state index < -0.39 is 0 Å². The van der Waals surface area contributed by atoms with Gasteiger partial charge in [-0.15, -0.1) is 0 Å². The molecule has 3 heterocycles. The molecule has 0 spiro atoms. The second-order valence-corrected chi connectivity index (χ2v) is 23.8. The zero-order valence-electron chi connectivity index (χ0n) is 46.3. The van der Waals surface area contributed by atoms with Crippen molar-refractivity contribution in [1.82, 2.24) is 14.1 Å². The standard InChI is InChI=1S/C74H61N5O.Pt/c1-73(2,3)53-43-44-75-71(47-53)79-67-38-21-18-32-62(67)61-31-16-19-36-65(61)78(55-29-14-9-15-30-55)66-37-20-17-33-63(66)64-42-41-57(49-70(64)79)80-58-46-54(74(4,5)6)45-56(48-58)76-50-77(69-40-23-22-39-68(69)76)72-59(51-25-10-7-11-26-51)34-24-35-60(72)52-27-12-8-13-28-52;/h7-49H,1-6H3;. The number of benzene rings is 10. The monoisotopic (exact) mass is 1230 g/mol. The molecule has 0 N–H and O–H groups in total. The predicted molar refractivity (Wildman–Crippen MR) is 332 cm³/mol. The van der Waals surface area contributed by atoms with Crippen molar-refractivity contribution in [2.75, 3.05) is 9.80 Å². The van der Waals surface area contributed by atoms with Gasteiger partial charge in [0.05, 0.1) is 5.69 Å². The van der Waals surface area contributed by atoms with E-state index >= 15 is 0 Å². The van der Waals surface area contributed by atoms with Gasteiger partial charge in [0.25, 0.3) is 0 Å². The molecular formula is C74H61N5OPt. The van der Waals surface area contributed by atoms with Crippen molar-refractivity contribution in [3.63, 3.8) is 0 Å². The third kappa shape index (κ3) is 9.54. The van der Waals surface area contributed by atoms with Gasteiger partial charge in [-0.2, -0.15) is 0 Å². The molecule has 0 amide bonds. The number of aromatic nitrogens is 3. The average Bonchev–Trinajstić information content (AvgIpc) is 4.01. The van der Waals surface area contributed by atoms with Gasteiger partial charge in [-0.25, -0.2) is 0 Å². The van der Waals surface area contributed by atoms with Crippen LogP contribution >= 0.6 is 0 Å². The van der Waals surface area contributed by atoms with E-state index in [9.17, 15) is 0 Å². The van der Waals surface area contributed by atoms with Gasteiger partial charge in [0, 0.05) is 17.4 Å². The zero-order valence-corrected chi connectivity index (χ0v) is 48.6. The van der Waals surface area contributed by atoms with Crippen LogP contribution in [-0.4, -0.2) is 14.1 Å². The van der Waals surface area contributed by atoms with Crippen LogP contribution in [0.15, 0.2) is 261 Å². The Hall–Kier alpha value is -9.09. The summed E-state index contributed by atoms with van der Waals surface area (Å²) in [7, 11) is 0. The van der Waals surface area contributed by atoms with Crippen molar-refractivity contribution in [3.05, 3.63) is 276 Å². The SMILES string of the molecule is CC(C)(C)c1cc(Oc2ccc3c(c2)N(c2cc(C(C)(C)C)ccn2)c2ccccc2-c2ccccc2N(c2ccccc2)c2ccccc2-3)cc(-n2[c](=[Pt])n(-c3c(-c4ccccc4)cccc3-c3ccccc3)c3ccccc32)c1. The Morgan fingerprint density at radius 3 is 1.41 bits per heavy atom. The first-order valence-electron chi connectivity index (χ1n) is 27.7. The van der Waals surface area contributed by atoms with Crippen molar-refractivity contribution < 1.29 is 24.1 Å². The van der Waals surface area contributed by atoms with Crippen LogP contribution in [0.1, 0.15) is 52.7 Å². The number of ether oxygens (including phenoxy) is 1. The molecule has 81 heavy (non-hydrogen) atoms. The number of anilines is 6. The second-order valence-electron chi connectivity index (χ2n) is 22.8. The van der Waals surface area contributed by atoms with Crippen molar-refractivity contribution in [3.8, 4) is 67.4 Å². The number of hydrogen-bond acceptors (Lipinski definition) is 4. The first-order valence-corrected chi connectivity index (χ1v) is 28.8. The van der Waals surface area contributed by atoms with Crippen LogP contribution in [0, 0.1) is 3.80 Å². The first-order chi connectivity index (χ1) is 39.4. The number of nitrogens with zero attached hydrogens (tertiary/aromatic N) is 5. The van der Waals surface area contributed by atoms with Crippen molar-refractivity contribution >= 4 is 45.3 Å². The molecular weight excluding hydrogens is 1170 g/mol. The summed E-state index contributed by atoms with van der Waals surface area (Å²) in [6.45, 7) is 13.6. The van der Waals surface area contributed by atoms with Crippen LogP contribution in [0.5, 0.6) is 11.5 Å². The first kappa shape index (κ1) is 51.4. The number of fused-ring (bicyclic) bond motifs is 7. The fraction of sp³-hybridized carbons (Fsp3) is 0.108. The molecule has 398 valence electrons. The Morgan fingerprint density at radius 2 is 0.840 bits per heavy atom. The number of pyridine rings is 1. The molecule has 13 rings (SSSR count). The van der Waals surface area contributed by atoms with E-state index in [-0.39, 0.29) is 10.8 Å². The van der Waals surface area contributed by atoms with Gasteiger partial charge in [0.15, 0.2) is 0 Å². The Balaban J connectivity index is 1.03. The number of rotatable bonds is 8. The quantitative estimate of drug-likeness (QED) is 0.152. The number of para-hydroxylation sites is 7. The predicted octanol–water partition coefficient (Wildman–Crippen LogP) is 20.2. The van der Waals surface area contributed by atoms with Crippen LogP contribution in [0.25, 0.3) is 66.9 Å². The molecule has 0 fully saturated rings. The van der Waals surface area contributed by atoms with E-state index in [2.05, 4.69) is 335 Å². The summed E-state index contributed by atoms with van der Waals surface area (Å²) in [5, 5.41) is 0. The van der Waals surface area contributed by atoms with Crippen molar-refractivity contribution in [2.24, 2.45) is 0 Å². The van der Waals surface area contributed by atoms with Crippen LogP contribution in [0.2, 0.25) is 0 Å². The fourth-order valence-corrected chi connectivity index (χ4v) is 12.5. The molecule has 1 aliphatic heterocycles. The maximum absolute atomic E-state index is 7.37. The third-order valence-corrected chi connectivity index (χ3v) is 16.5. The van der Waals surface area contributed by atoms with E-state index in [4.69, 9.17) is 9.72 Å². The van der Waals surface area contributed by atoms with Crippen LogP contribution in [-0.2, 0) is 30.2 Å². The number of hydrogen-bond donors (Lipinski definition) is 0. The molecule has 0 bridgehead atoms. The van der Waals surface area contributed by atoms with Gasteiger partial charge in [0.1, 0.15) is 0 Å². The average molecular weight is 1230 g/mol. The van der Waals surface area contributed by atoms with Gasteiger partial charge < -0.3 is 4.90 Å². The molecule has 7 heteroatoms. The van der Waals surface area contributed by atoms with Crippen molar-refractivity contribution in [1.29, 1.82) is 0 Å². The third-order valence-electron chi connectivity index (χ3n) is 15.5. The summed E-state index contributed by atoms with van der Waals surface area (Å²) in [4.78, 5) is 10.00. The molecule has 0 radical (unpaired) electrons. The summed E-state index contributed by atoms with van der Waals surface area (Å²) < 4.78 is 13.2. The summed E-state index contributed by atoms with van der Waals surface area (Å²) in [5.74, 6) is 2.24. The fourth-order valence-electron chi connectivity index (χ4n) is 11.4. The van der Waals surface area contributed by atoms with E-state index in [1.165, 1.54) is 5.56 Å². The molecule has 1 aliphatic rings. The van der Waals surface area contributed by atoms with Crippen LogP contribution in [0.3, 0.4) is 0 Å². The van der Waals surface area contributed by atoms with E-state index in [0.717, 1.165) is 116 Å². The van der Waals surface area contributed by atoms with Gasteiger partial charge >= 0.3 is 332 Å². The molecule has 0 saturated carbocycles. The minimum atomic E-state index is -0.225. The topological polar surface area (TPSA) is 38.5 Å². The van der Waals surface area contributed by atoms with Crippen molar-refractivity contribution in [2.45, 2.75) is 52.4 Å². The molecule has 12 aromatic rings. The van der Waals surface area contributed by atoms with Crippen LogP contribution < -0.4 is 14.5 Å². The number of imidazole rings is 1. The molecule has 0 aliphatic carbocycles. The van der Waals surface area contributed by atoms with Gasteiger partial charge in [-0.05, 0) is 41.3 Å². The summed E-state index contributed by atoms with van der Waals surface area (Å²) >= 11 is 2.54. The minimum absolute atomic E-state index is 0.134.